The minimum atomic E-state index is 0.703. The van der Waals surface area contributed by atoms with Crippen molar-refractivity contribution in [3.8, 4) is 0 Å². The fourth-order valence-electron chi connectivity index (χ4n) is 1.15. The van der Waals surface area contributed by atoms with Crippen molar-refractivity contribution < 1.29 is 0 Å². The number of anilines is 1. The molecule has 0 amide bonds. The molecule has 0 saturated heterocycles. The number of aryl methyl sites for hydroxylation is 1. The summed E-state index contributed by atoms with van der Waals surface area (Å²) in [6.07, 6.45) is 6.78. The third-order valence-corrected chi connectivity index (χ3v) is 1.80. The van der Waals surface area contributed by atoms with Gasteiger partial charge in [0.2, 0.25) is 0 Å². The molecule has 0 bridgehead atoms. The van der Waals surface area contributed by atoms with Crippen LogP contribution in [0.2, 0.25) is 0 Å². The number of nitrogens with zero attached hydrogens (tertiary/aromatic N) is 3. The van der Waals surface area contributed by atoms with E-state index in [9.17, 15) is 0 Å². The van der Waals surface area contributed by atoms with Crippen LogP contribution in [0.1, 0.15) is 11.5 Å². The number of rotatable bonds is 3. The predicted molar refractivity (Wildman–Crippen MR) is 52.7 cm³/mol. The van der Waals surface area contributed by atoms with E-state index in [2.05, 4.69) is 25.3 Å². The molecule has 5 heteroatoms. The van der Waals surface area contributed by atoms with Gasteiger partial charge in [-0.3, -0.25) is 0 Å². The lowest BCUT2D eigenvalue weighted by molar-refractivity contribution is 1.04. The average Bonchev–Trinajstić information content (AvgIpc) is 2.63. The van der Waals surface area contributed by atoms with Crippen LogP contribution in [0.15, 0.2) is 24.9 Å². The van der Waals surface area contributed by atoms with E-state index < -0.39 is 0 Å². The normalized spacial score (nSPS) is 10.1. The van der Waals surface area contributed by atoms with Crippen LogP contribution in [-0.4, -0.2) is 19.9 Å². The van der Waals surface area contributed by atoms with Gasteiger partial charge in [0, 0.05) is 0 Å². The summed E-state index contributed by atoms with van der Waals surface area (Å²) in [7, 11) is 0. The number of aromatic nitrogens is 4. The number of imidazole rings is 1. The molecule has 0 aliphatic rings. The molecule has 0 radical (unpaired) electrons. The van der Waals surface area contributed by atoms with Gasteiger partial charge < -0.3 is 10.3 Å². The molecule has 0 spiro atoms. The molecule has 14 heavy (non-hydrogen) atoms. The summed E-state index contributed by atoms with van der Waals surface area (Å²) in [6.45, 7) is 2.63. The smallest absolute Gasteiger partial charge is 0.115 e. The summed E-state index contributed by atoms with van der Waals surface area (Å²) >= 11 is 0. The maximum absolute atomic E-state index is 4.10. The summed E-state index contributed by atoms with van der Waals surface area (Å²) in [5, 5.41) is 3.18. The van der Waals surface area contributed by atoms with Gasteiger partial charge in [-0.2, -0.15) is 0 Å². The first-order valence-electron chi connectivity index (χ1n) is 4.34. The maximum Gasteiger partial charge on any atom is 0.115 e. The van der Waals surface area contributed by atoms with Crippen LogP contribution < -0.4 is 5.32 Å². The topological polar surface area (TPSA) is 66.5 Å². The Morgan fingerprint density at radius 1 is 1.29 bits per heavy atom. The van der Waals surface area contributed by atoms with Gasteiger partial charge >= 0.3 is 0 Å². The Bertz CT molecular complexity index is 395. The number of hydrogen-bond acceptors (Lipinski definition) is 4. The van der Waals surface area contributed by atoms with Gasteiger partial charge in [-0.1, -0.05) is 0 Å². The number of aromatic amines is 1. The van der Waals surface area contributed by atoms with Gasteiger partial charge in [0.05, 0.1) is 36.5 Å². The molecule has 0 atom stereocenters. The van der Waals surface area contributed by atoms with Crippen molar-refractivity contribution in [2.24, 2.45) is 0 Å². The third-order valence-electron chi connectivity index (χ3n) is 1.80. The van der Waals surface area contributed by atoms with Crippen LogP contribution in [0.3, 0.4) is 0 Å². The Morgan fingerprint density at radius 2 is 2.07 bits per heavy atom. The van der Waals surface area contributed by atoms with Crippen LogP contribution >= 0.6 is 0 Å². The van der Waals surface area contributed by atoms with E-state index in [1.54, 1.807) is 12.4 Å². The Morgan fingerprint density at radius 3 is 2.71 bits per heavy atom. The summed E-state index contributed by atoms with van der Waals surface area (Å²) < 4.78 is 0. The Hall–Kier alpha value is -1.91. The predicted octanol–water partition coefficient (Wildman–Crippen LogP) is 1.12. The molecule has 2 aromatic heterocycles. The SMILES string of the molecule is Cc1ncc(CNc2cncnc2)[nH]1. The molecule has 0 aromatic carbocycles. The highest BCUT2D eigenvalue weighted by Gasteiger charge is 1.96. The standard InChI is InChI=1S/C9H11N5/c1-7-12-4-9(14-7)5-13-8-2-10-6-11-3-8/h2-4,6,13H,5H2,1H3,(H,12,14). The van der Waals surface area contributed by atoms with Crippen molar-refractivity contribution in [2.45, 2.75) is 13.5 Å². The van der Waals surface area contributed by atoms with Crippen molar-refractivity contribution in [2.75, 3.05) is 5.32 Å². The highest BCUT2D eigenvalue weighted by atomic mass is 15.0. The molecule has 2 heterocycles. The highest BCUT2D eigenvalue weighted by Crippen LogP contribution is 2.03. The molecule has 5 nitrogen and oxygen atoms in total. The molecular weight excluding hydrogens is 178 g/mol. The van der Waals surface area contributed by atoms with Gasteiger partial charge in [-0.15, -0.1) is 0 Å². The lowest BCUT2D eigenvalue weighted by Gasteiger charge is -2.01. The average molecular weight is 189 g/mol. The molecular formula is C9H11N5. The molecule has 0 unspecified atom stereocenters. The van der Waals surface area contributed by atoms with Crippen molar-refractivity contribution in [3.63, 3.8) is 0 Å². The monoisotopic (exact) mass is 189 g/mol. The second-order valence-corrected chi connectivity index (χ2v) is 2.97. The summed E-state index contributed by atoms with van der Waals surface area (Å²) in [4.78, 5) is 15.0. The largest absolute Gasteiger partial charge is 0.377 e. The van der Waals surface area contributed by atoms with Gasteiger partial charge in [-0.25, -0.2) is 15.0 Å². The first kappa shape index (κ1) is 8.68. The van der Waals surface area contributed by atoms with Crippen molar-refractivity contribution in [3.05, 3.63) is 36.4 Å². The van der Waals surface area contributed by atoms with Gasteiger partial charge in [0.25, 0.3) is 0 Å². The molecule has 2 N–H and O–H groups in total. The third kappa shape index (κ3) is 2.07. The van der Waals surface area contributed by atoms with E-state index >= 15 is 0 Å². The summed E-state index contributed by atoms with van der Waals surface area (Å²) in [5.41, 5.74) is 1.95. The van der Waals surface area contributed by atoms with Gasteiger partial charge in [-0.05, 0) is 6.92 Å². The van der Waals surface area contributed by atoms with E-state index in [1.807, 2.05) is 13.1 Å². The number of nitrogens with one attached hydrogen (secondary N) is 2. The number of hydrogen-bond donors (Lipinski definition) is 2. The van der Waals surface area contributed by atoms with Gasteiger partial charge in [0.1, 0.15) is 12.2 Å². The Labute approximate surface area is 81.6 Å². The summed E-state index contributed by atoms with van der Waals surface area (Å²) in [5.74, 6) is 0.922. The number of H-pyrrole nitrogens is 1. The Balaban J connectivity index is 1.95. The summed E-state index contributed by atoms with van der Waals surface area (Å²) in [6, 6.07) is 0. The maximum atomic E-state index is 4.10. The highest BCUT2D eigenvalue weighted by molar-refractivity contribution is 5.37. The minimum absolute atomic E-state index is 0.703. The van der Waals surface area contributed by atoms with Crippen LogP contribution in [0.5, 0.6) is 0 Å². The molecule has 0 fully saturated rings. The molecule has 0 aliphatic carbocycles. The zero-order valence-electron chi connectivity index (χ0n) is 7.86. The molecule has 2 aromatic rings. The van der Waals surface area contributed by atoms with Gasteiger partial charge in [0.15, 0.2) is 0 Å². The first-order valence-corrected chi connectivity index (χ1v) is 4.34. The lowest BCUT2D eigenvalue weighted by atomic mass is 10.4. The minimum Gasteiger partial charge on any atom is -0.377 e. The van der Waals surface area contributed by atoms with Crippen LogP contribution in [-0.2, 0) is 6.54 Å². The zero-order chi connectivity index (χ0) is 9.80. The van der Waals surface area contributed by atoms with E-state index in [-0.39, 0.29) is 0 Å². The quantitative estimate of drug-likeness (QED) is 0.759. The van der Waals surface area contributed by atoms with Crippen LogP contribution in [0.25, 0.3) is 0 Å². The fourth-order valence-corrected chi connectivity index (χ4v) is 1.15. The van der Waals surface area contributed by atoms with Crippen molar-refractivity contribution >= 4 is 5.69 Å². The molecule has 0 aliphatic heterocycles. The van der Waals surface area contributed by atoms with E-state index in [1.165, 1.54) is 6.33 Å². The fraction of sp³-hybridized carbons (Fsp3) is 0.222. The second-order valence-electron chi connectivity index (χ2n) is 2.97. The van der Waals surface area contributed by atoms with E-state index in [0.717, 1.165) is 17.2 Å². The van der Waals surface area contributed by atoms with E-state index in [0.29, 0.717) is 6.54 Å². The van der Waals surface area contributed by atoms with Crippen LogP contribution in [0.4, 0.5) is 5.69 Å². The van der Waals surface area contributed by atoms with Crippen LogP contribution in [0, 0.1) is 6.92 Å². The molecule has 0 saturated carbocycles. The van der Waals surface area contributed by atoms with Crippen molar-refractivity contribution in [1.82, 2.24) is 19.9 Å². The first-order chi connectivity index (χ1) is 6.84. The zero-order valence-corrected chi connectivity index (χ0v) is 7.86. The Kier molecular flexibility index (Phi) is 2.40. The van der Waals surface area contributed by atoms with E-state index in [4.69, 9.17) is 0 Å². The second kappa shape index (κ2) is 3.87. The molecule has 2 rings (SSSR count). The van der Waals surface area contributed by atoms with Crippen molar-refractivity contribution in [1.29, 1.82) is 0 Å². The molecule has 72 valence electrons. The lowest BCUT2D eigenvalue weighted by Crippen LogP contribution is -2.00.